The molecule has 148 valence electrons. The number of carbonyl (C=O) groups excluding carboxylic acids is 2. The van der Waals surface area contributed by atoms with Gasteiger partial charge in [0.05, 0.1) is 0 Å². The number of nitrogens with one attached hydrogen (secondary N) is 4. The number of anilines is 2. The third-order valence-corrected chi connectivity index (χ3v) is 3.87. The molecule has 0 bridgehead atoms. The number of urea groups is 2. The van der Waals surface area contributed by atoms with Gasteiger partial charge < -0.3 is 26.4 Å². The van der Waals surface area contributed by atoms with E-state index in [9.17, 15) is 19.5 Å². The zero-order chi connectivity index (χ0) is 20.2. The van der Waals surface area contributed by atoms with Crippen LogP contribution in [0.1, 0.15) is 19.3 Å². The highest BCUT2D eigenvalue weighted by Crippen LogP contribution is 2.07. The van der Waals surface area contributed by atoms with Crippen LogP contribution in [0, 0.1) is 0 Å². The van der Waals surface area contributed by atoms with Crippen LogP contribution in [0.25, 0.3) is 0 Å². The summed E-state index contributed by atoms with van der Waals surface area (Å²) in [6.07, 6.45) is 1.39. The van der Waals surface area contributed by atoms with E-state index < -0.39 is 18.0 Å². The number of amides is 4. The average Bonchev–Trinajstić information content (AvgIpc) is 2.68. The number of carboxylic acid groups (broad SMARTS) is 1. The van der Waals surface area contributed by atoms with Gasteiger partial charge in [0, 0.05) is 17.9 Å². The Morgan fingerprint density at radius 1 is 0.786 bits per heavy atom. The minimum atomic E-state index is -1.10. The van der Waals surface area contributed by atoms with Gasteiger partial charge >= 0.3 is 18.0 Å². The number of carboxylic acids is 1. The first-order valence-electron chi connectivity index (χ1n) is 9.00. The summed E-state index contributed by atoms with van der Waals surface area (Å²) in [6, 6.07) is 16.0. The summed E-state index contributed by atoms with van der Waals surface area (Å²) >= 11 is 0. The molecular weight excluding hydrogens is 360 g/mol. The van der Waals surface area contributed by atoms with Gasteiger partial charge in [-0.05, 0) is 43.5 Å². The van der Waals surface area contributed by atoms with Crippen molar-refractivity contribution in [1.82, 2.24) is 10.6 Å². The van der Waals surface area contributed by atoms with E-state index >= 15 is 0 Å². The van der Waals surface area contributed by atoms with Gasteiger partial charge in [-0.2, -0.15) is 0 Å². The maximum absolute atomic E-state index is 11.9. The van der Waals surface area contributed by atoms with Crippen molar-refractivity contribution in [2.45, 2.75) is 25.3 Å². The molecule has 1 unspecified atom stereocenters. The van der Waals surface area contributed by atoms with Crippen LogP contribution in [0.5, 0.6) is 0 Å². The summed E-state index contributed by atoms with van der Waals surface area (Å²) in [6.45, 7) is 0.404. The monoisotopic (exact) mass is 384 g/mol. The SMILES string of the molecule is O=C(NCCCCC(NC(=O)Nc1ccccc1)C(=O)O)Nc1ccccc1. The molecule has 8 heteroatoms. The van der Waals surface area contributed by atoms with E-state index in [1.165, 1.54) is 0 Å². The van der Waals surface area contributed by atoms with Crippen LogP contribution in [0.4, 0.5) is 21.0 Å². The summed E-state index contributed by atoms with van der Waals surface area (Å²) in [4.78, 5) is 35.0. The molecule has 2 aromatic carbocycles. The van der Waals surface area contributed by atoms with Gasteiger partial charge in [-0.15, -0.1) is 0 Å². The standard InChI is InChI=1S/C20H24N4O4/c25-18(26)17(24-20(28)23-16-11-5-2-6-12-16)13-7-8-14-21-19(27)22-15-9-3-1-4-10-15/h1-6,9-12,17H,7-8,13-14H2,(H,25,26)(H2,21,22,27)(H2,23,24,28). The highest BCUT2D eigenvalue weighted by atomic mass is 16.4. The second kappa shape index (κ2) is 11.2. The van der Waals surface area contributed by atoms with E-state index in [0.29, 0.717) is 30.8 Å². The van der Waals surface area contributed by atoms with Crippen molar-refractivity contribution in [2.24, 2.45) is 0 Å². The zero-order valence-corrected chi connectivity index (χ0v) is 15.4. The Balaban J connectivity index is 1.65. The minimum absolute atomic E-state index is 0.263. The van der Waals surface area contributed by atoms with Crippen LogP contribution < -0.4 is 21.3 Å². The van der Waals surface area contributed by atoms with E-state index in [1.807, 2.05) is 24.3 Å². The van der Waals surface area contributed by atoms with Crippen molar-refractivity contribution in [3.8, 4) is 0 Å². The van der Waals surface area contributed by atoms with E-state index in [0.717, 1.165) is 0 Å². The number of aliphatic carboxylic acids is 1. The van der Waals surface area contributed by atoms with E-state index in [2.05, 4.69) is 21.3 Å². The van der Waals surface area contributed by atoms with Gasteiger partial charge in [-0.3, -0.25) is 0 Å². The maximum atomic E-state index is 11.9. The highest BCUT2D eigenvalue weighted by Gasteiger charge is 2.19. The molecule has 2 rings (SSSR count). The third-order valence-electron chi connectivity index (χ3n) is 3.87. The molecule has 0 heterocycles. The lowest BCUT2D eigenvalue weighted by Crippen LogP contribution is -2.43. The molecular formula is C20H24N4O4. The number of hydrogen-bond donors (Lipinski definition) is 5. The third kappa shape index (κ3) is 7.77. The van der Waals surface area contributed by atoms with Crippen molar-refractivity contribution in [2.75, 3.05) is 17.2 Å². The van der Waals surface area contributed by atoms with E-state index in [1.54, 1.807) is 36.4 Å². The van der Waals surface area contributed by atoms with Crippen LogP contribution >= 0.6 is 0 Å². The highest BCUT2D eigenvalue weighted by molar-refractivity contribution is 5.92. The number of rotatable bonds is 9. The van der Waals surface area contributed by atoms with Gasteiger partial charge in [0.25, 0.3) is 0 Å². The fourth-order valence-electron chi connectivity index (χ4n) is 2.48. The Labute approximate surface area is 163 Å². The Morgan fingerprint density at radius 2 is 1.32 bits per heavy atom. The minimum Gasteiger partial charge on any atom is -0.480 e. The van der Waals surface area contributed by atoms with Crippen molar-refractivity contribution in [1.29, 1.82) is 0 Å². The predicted molar refractivity (Wildman–Crippen MR) is 107 cm³/mol. The lowest BCUT2D eigenvalue weighted by atomic mass is 10.1. The molecule has 0 aliphatic carbocycles. The molecule has 8 nitrogen and oxygen atoms in total. The molecule has 0 spiro atoms. The van der Waals surface area contributed by atoms with Gasteiger partial charge in [-0.1, -0.05) is 36.4 Å². The Hall–Kier alpha value is -3.55. The van der Waals surface area contributed by atoms with Gasteiger partial charge in [-0.25, -0.2) is 14.4 Å². The van der Waals surface area contributed by atoms with Crippen LogP contribution in [0.2, 0.25) is 0 Å². The average molecular weight is 384 g/mol. The van der Waals surface area contributed by atoms with Gasteiger partial charge in [0.2, 0.25) is 0 Å². The van der Waals surface area contributed by atoms with Crippen LogP contribution in [0.15, 0.2) is 60.7 Å². The molecule has 0 aliphatic heterocycles. The first kappa shape index (κ1) is 20.8. The maximum Gasteiger partial charge on any atom is 0.326 e. The smallest absolute Gasteiger partial charge is 0.326 e. The molecule has 1 atom stereocenters. The first-order valence-corrected chi connectivity index (χ1v) is 9.00. The summed E-state index contributed by atoms with van der Waals surface area (Å²) < 4.78 is 0. The molecule has 0 radical (unpaired) electrons. The van der Waals surface area contributed by atoms with Crippen LogP contribution in [-0.4, -0.2) is 35.7 Å². The largest absolute Gasteiger partial charge is 0.480 e. The topological polar surface area (TPSA) is 120 Å². The van der Waals surface area contributed by atoms with Crippen LogP contribution in [-0.2, 0) is 4.79 Å². The number of para-hydroxylation sites is 2. The van der Waals surface area contributed by atoms with E-state index in [4.69, 9.17) is 0 Å². The molecule has 0 aromatic heterocycles. The van der Waals surface area contributed by atoms with Gasteiger partial charge in [0.1, 0.15) is 6.04 Å². The fraction of sp³-hybridized carbons (Fsp3) is 0.250. The number of hydrogen-bond acceptors (Lipinski definition) is 3. The predicted octanol–water partition coefficient (Wildman–Crippen LogP) is 3.25. The quantitative estimate of drug-likeness (QED) is 0.426. The second-order valence-electron chi connectivity index (χ2n) is 6.10. The number of unbranched alkanes of at least 4 members (excludes halogenated alkanes) is 1. The van der Waals surface area contributed by atoms with Crippen LogP contribution in [0.3, 0.4) is 0 Å². The van der Waals surface area contributed by atoms with Gasteiger partial charge in [0.15, 0.2) is 0 Å². The molecule has 0 saturated carbocycles. The molecule has 28 heavy (non-hydrogen) atoms. The molecule has 2 aromatic rings. The zero-order valence-electron chi connectivity index (χ0n) is 15.4. The fourth-order valence-corrected chi connectivity index (χ4v) is 2.48. The summed E-state index contributed by atoms with van der Waals surface area (Å²) in [5.41, 5.74) is 1.28. The Kier molecular flexibility index (Phi) is 8.32. The summed E-state index contributed by atoms with van der Waals surface area (Å²) in [5.74, 6) is -1.10. The molecule has 0 aliphatic rings. The first-order chi connectivity index (χ1) is 13.5. The summed E-state index contributed by atoms with van der Waals surface area (Å²) in [7, 11) is 0. The van der Waals surface area contributed by atoms with Crippen molar-refractivity contribution in [3.05, 3.63) is 60.7 Å². The van der Waals surface area contributed by atoms with Crippen molar-refractivity contribution in [3.63, 3.8) is 0 Å². The lowest BCUT2D eigenvalue weighted by molar-refractivity contribution is -0.139. The number of carbonyl (C=O) groups is 3. The Morgan fingerprint density at radius 3 is 1.86 bits per heavy atom. The molecule has 0 saturated heterocycles. The summed E-state index contributed by atoms with van der Waals surface area (Å²) in [5, 5.41) is 19.7. The molecule has 4 amide bonds. The Bertz CT molecular complexity index is 768. The molecule has 0 fully saturated rings. The van der Waals surface area contributed by atoms with E-state index in [-0.39, 0.29) is 12.5 Å². The number of benzene rings is 2. The normalized spacial score (nSPS) is 11.1. The molecule has 5 N–H and O–H groups in total. The lowest BCUT2D eigenvalue weighted by Gasteiger charge is -2.15. The van der Waals surface area contributed by atoms with Crippen molar-refractivity contribution < 1.29 is 19.5 Å². The second-order valence-corrected chi connectivity index (χ2v) is 6.10. The van der Waals surface area contributed by atoms with Crippen molar-refractivity contribution >= 4 is 29.4 Å².